The quantitative estimate of drug-likeness (QED) is 0.161. The second-order valence-electron chi connectivity index (χ2n) is 16.2. The van der Waals surface area contributed by atoms with E-state index in [4.69, 9.17) is 9.97 Å². The van der Waals surface area contributed by atoms with Crippen LogP contribution in [-0.4, -0.2) is 9.97 Å². The summed E-state index contributed by atoms with van der Waals surface area (Å²) in [6.45, 7) is 0. The van der Waals surface area contributed by atoms with Gasteiger partial charge in [-0.3, -0.25) is 0 Å². The lowest BCUT2D eigenvalue weighted by atomic mass is 9.81. The molecule has 0 amide bonds. The van der Waals surface area contributed by atoms with Gasteiger partial charge >= 0.3 is 0 Å². The number of nitrogens with zero attached hydrogens (tertiary/aromatic N) is 2. The lowest BCUT2D eigenvalue weighted by molar-refractivity contribution is 0.699. The van der Waals surface area contributed by atoms with Gasteiger partial charge in [-0.15, -0.1) is 0 Å². The van der Waals surface area contributed by atoms with Crippen LogP contribution in [0, 0.1) is 0 Å². The maximum Gasteiger partial charge on any atom is 0.132 e. The van der Waals surface area contributed by atoms with Crippen molar-refractivity contribution in [1.82, 2.24) is 9.97 Å². The number of nitrogens with one attached hydrogen (secondary N) is 2. The number of aromatic nitrogens is 2. The predicted octanol–water partition coefficient (Wildman–Crippen LogP) is 13.2. The van der Waals surface area contributed by atoms with Crippen molar-refractivity contribution in [2.45, 2.75) is 11.1 Å². The highest BCUT2D eigenvalue weighted by Gasteiger charge is 2.48. The zero-order chi connectivity index (χ0) is 39.4. The lowest BCUT2D eigenvalue weighted by Gasteiger charge is -2.37. The Morgan fingerprint density at radius 3 is 1.05 bits per heavy atom. The van der Waals surface area contributed by atoms with Crippen molar-refractivity contribution < 1.29 is 0 Å². The van der Waals surface area contributed by atoms with Gasteiger partial charge in [-0.25, -0.2) is 9.97 Å². The van der Waals surface area contributed by atoms with Gasteiger partial charge in [0.05, 0.1) is 22.8 Å². The molecule has 8 aromatic carbocycles. The molecular formula is C56H36N4. The minimum atomic E-state index is -0.842. The summed E-state index contributed by atoms with van der Waals surface area (Å²) >= 11 is 0. The molecule has 0 saturated carbocycles. The van der Waals surface area contributed by atoms with Gasteiger partial charge < -0.3 is 10.6 Å². The molecule has 0 fully saturated rings. The first-order chi connectivity index (χ1) is 29.7. The summed E-state index contributed by atoms with van der Waals surface area (Å²) in [6, 6.07) is 74.6. The Morgan fingerprint density at radius 2 is 0.650 bits per heavy atom. The first kappa shape index (κ1) is 33.2. The van der Waals surface area contributed by atoms with Gasteiger partial charge in [0.25, 0.3) is 0 Å². The average Bonchev–Trinajstić information content (AvgIpc) is 3.76. The van der Waals surface area contributed by atoms with Crippen LogP contribution in [0.3, 0.4) is 0 Å². The minimum absolute atomic E-state index is 0.842. The molecule has 2 aliphatic carbocycles. The molecule has 0 atom stereocenters. The van der Waals surface area contributed by atoms with Crippen molar-refractivity contribution in [2.24, 2.45) is 0 Å². The van der Waals surface area contributed by atoms with E-state index in [1.807, 2.05) is 0 Å². The fourth-order valence-corrected chi connectivity index (χ4v) is 10.7. The van der Waals surface area contributed by atoms with Gasteiger partial charge in [0, 0.05) is 22.5 Å². The number of anilines is 2. The van der Waals surface area contributed by atoms with E-state index in [-0.39, 0.29) is 0 Å². The summed E-state index contributed by atoms with van der Waals surface area (Å²) in [6.07, 6.45) is 0. The highest BCUT2D eigenvalue weighted by atomic mass is 15.1. The summed E-state index contributed by atoms with van der Waals surface area (Å²) < 4.78 is 0. The molecule has 0 saturated heterocycles. The Hall–Kier alpha value is -7.82. The second kappa shape index (κ2) is 12.3. The van der Waals surface area contributed by atoms with E-state index in [1.54, 1.807) is 0 Å². The Balaban J connectivity index is 1.21. The highest BCUT2D eigenvalue weighted by molar-refractivity contribution is 6.05. The molecule has 1 aliphatic heterocycles. The number of rotatable bonds is 0. The maximum absolute atomic E-state index is 5.83. The minimum Gasteiger partial charge on any atom is -0.366 e. The smallest absolute Gasteiger partial charge is 0.132 e. The van der Waals surface area contributed by atoms with Crippen molar-refractivity contribution in [3.05, 3.63) is 240 Å². The third kappa shape index (κ3) is 4.39. The van der Waals surface area contributed by atoms with Gasteiger partial charge in [0.1, 0.15) is 11.1 Å². The molecule has 3 aliphatic rings. The molecule has 280 valence electrons. The molecule has 4 nitrogen and oxygen atoms in total. The third-order valence-corrected chi connectivity index (χ3v) is 13.2. The molecule has 4 bridgehead atoms. The summed E-state index contributed by atoms with van der Waals surface area (Å²) in [5.41, 5.74) is 15.4. The van der Waals surface area contributed by atoms with Crippen LogP contribution in [0.25, 0.3) is 66.3 Å². The van der Waals surface area contributed by atoms with Gasteiger partial charge in [0.2, 0.25) is 0 Å². The average molecular weight is 765 g/mol. The molecule has 0 unspecified atom stereocenters. The maximum atomic E-state index is 5.83. The standard InChI is InChI=1S/C56H36N4/c1-3-17-37-35(15-1)31-33-49-53(37)47-27-13-29-51(57-47)56(45-25-11-7-21-41(45)42-22-8-12-26-46(42)56)60-50-34-32-36-16-2-4-18-38(36)54(50)48-28-14-30-52(58-48)55(59-49)43-23-9-5-19-39(43)40-20-6-10-24-44(40)55/h1-34,59-60H. The first-order valence-corrected chi connectivity index (χ1v) is 20.7. The molecule has 13 rings (SSSR count). The van der Waals surface area contributed by atoms with E-state index in [0.717, 1.165) is 89.1 Å². The fourth-order valence-electron chi connectivity index (χ4n) is 10.7. The second-order valence-corrected chi connectivity index (χ2v) is 16.2. The van der Waals surface area contributed by atoms with Crippen LogP contribution in [0.4, 0.5) is 11.4 Å². The van der Waals surface area contributed by atoms with E-state index in [0.29, 0.717) is 0 Å². The van der Waals surface area contributed by atoms with Crippen LogP contribution in [0.15, 0.2) is 206 Å². The zero-order valence-corrected chi connectivity index (χ0v) is 32.5. The van der Waals surface area contributed by atoms with Crippen LogP contribution < -0.4 is 10.6 Å². The zero-order valence-electron chi connectivity index (χ0n) is 32.5. The number of benzene rings is 8. The van der Waals surface area contributed by atoms with Crippen LogP contribution in [-0.2, 0) is 11.1 Å². The van der Waals surface area contributed by atoms with E-state index >= 15 is 0 Å². The largest absolute Gasteiger partial charge is 0.366 e. The summed E-state index contributed by atoms with van der Waals surface area (Å²) in [5, 5.41) is 13.1. The van der Waals surface area contributed by atoms with Gasteiger partial charge in [-0.05, 0) is 102 Å². The summed E-state index contributed by atoms with van der Waals surface area (Å²) in [4.78, 5) is 11.7. The highest BCUT2D eigenvalue weighted by Crippen LogP contribution is 2.56. The molecule has 3 heterocycles. The van der Waals surface area contributed by atoms with Crippen molar-refractivity contribution in [1.29, 1.82) is 0 Å². The molecule has 10 aromatic rings. The SMILES string of the molecule is c1cc2nc(c1)C1(Nc3ccc4ccccc4c3-c3cccc(n3)C3(Nc4ccc5ccccc5c4-2)c2ccccc2-c2ccccc23)c2ccccc2-c2ccccc21. The monoisotopic (exact) mass is 764 g/mol. The Bertz CT molecular complexity index is 3100. The van der Waals surface area contributed by atoms with Crippen LogP contribution >= 0.6 is 0 Å². The number of hydrogen-bond acceptors (Lipinski definition) is 4. The molecule has 2 spiro atoms. The molecule has 2 N–H and O–H groups in total. The summed E-state index contributed by atoms with van der Waals surface area (Å²) in [7, 11) is 0. The third-order valence-electron chi connectivity index (χ3n) is 13.2. The lowest BCUT2D eigenvalue weighted by Crippen LogP contribution is -2.38. The van der Waals surface area contributed by atoms with Gasteiger partial charge in [-0.2, -0.15) is 0 Å². The van der Waals surface area contributed by atoms with Crippen LogP contribution in [0.1, 0.15) is 33.6 Å². The van der Waals surface area contributed by atoms with E-state index in [1.165, 1.54) is 22.3 Å². The Morgan fingerprint density at radius 1 is 0.300 bits per heavy atom. The van der Waals surface area contributed by atoms with E-state index in [2.05, 4.69) is 217 Å². The topological polar surface area (TPSA) is 49.8 Å². The molecular weight excluding hydrogens is 729 g/mol. The molecule has 60 heavy (non-hydrogen) atoms. The van der Waals surface area contributed by atoms with Crippen molar-refractivity contribution >= 4 is 32.9 Å². The van der Waals surface area contributed by atoms with Crippen molar-refractivity contribution in [3.8, 4) is 44.8 Å². The fraction of sp³-hybridized carbons (Fsp3) is 0.0357. The predicted molar refractivity (Wildman–Crippen MR) is 245 cm³/mol. The van der Waals surface area contributed by atoms with Crippen LogP contribution in [0.5, 0.6) is 0 Å². The normalized spacial score (nSPS) is 14.5. The molecule has 0 radical (unpaired) electrons. The molecule has 2 aromatic heterocycles. The number of pyridine rings is 2. The summed E-state index contributed by atoms with van der Waals surface area (Å²) in [5.74, 6) is 0. The number of hydrogen-bond donors (Lipinski definition) is 2. The first-order valence-electron chi connectivity index (χ1n) is 20.7. The molecule has 4 heteroatoms. The van der Waals surface area contributed by atoms with E-state index in [9.17, 15) is 0 Å². The van der Waals surface area contributed by atoms with E-state index < -0.39 is 11.1 Å². The van der Waals surface area contributed by atoms with Gasteiger partial charge in [-0.1, -0.05) is 170 Å². The Kier molecular flexibility index (Phi) is 6.83. The van der Waals surface area contributed by atoms with Crippen molar-refractivity contribution in [2.75, 3.05) is 10.6 Å². The Labute approximate surface area is 347 Å². The van der Waals surface area contributed by atoms with Gasteiger partial charge in [0.15, 0.2) is 0 Å². The number of fused-ring (bicyclic) bond motifs is 24. The van der Waals surface area contributed by atoms with Crippen molar-refractivity contribution in [3.63, 3.8) is 0 Å². The van der Waals surface area contributed by atoms with Crippen LogP contribution in [0.2, 0.25) is 0 Å².